The average molecular weight is 309 g/mol. The summed E-state index contributed by atoms with van der Waals surface area (Å²) in [5.41, 5.74) is 4.46. The van der Waals surface area contributed by atoms with Crippen molar-refractivity contribution in [3.05, 3.63) is 59.5 Å². The molecule has 1 amide bonds. The molecular formula is C18H19N3O2. The minimum Gasteiger partial charge on any atom is -0.497 e. The summed E-state index contributed by atoms with van der Waals surface area (Å²) >= 11 is 0. The summed E-state index contributed by atoms with van der Waals surface area (Å²) in [6.07, 6.45) is 2.26. The maximum absolute atomic E-state index is 12.3. The van der Waals surface area contributed by atoms with Crippen LogP contribution in [0.25, 0.3) is 5.65 Å². The summed E-state index contributed by atoms with van der Waals surface area (Å²) in [5.74, 6) is 0.712. The summed E-state index contributed by atoms with van der Waals surface area (Å²) in [5, 5.41) is 2.95. The van der Waals surface area contributed by atoms with E-state index in [9.17, 15) is 4.79 Å². The van der Waals surface area contributed by atoms with E-state index < -0.39 is 0 Å². The minimum atomic E-state index is -0.0680. The van der Waals surface area contributed by atoms with Crippen LogP contribution in [-0.4, -0.2) is 22.4 Å². The Morgan fingerprint density at radius 1 is 1.22 bits per heavy atom. The highest BCUT2D eigenvalue weighted by atomic mass is 16.5. The number of carbonyl (C=O) groups excluding carboxylic acids is 1. The van der Waals surface area contributed by atoms with Crippen molar-refractivity contribution in [3.8, 4) is 5.75 Å². The number of ether oxygens (including phenoxy) is 1. The van der Waals surface area contributed by atoms with Gasteiger partial charge in [-0.3, -0.25) is 4.79 Å². The molecule has 0 aliphatic rings. The molecule has 5 nitrogen and oxygen atoms in total. The number of nitrogens with zero attached hydrogens (tertiary/aromatic N) is 2. The van der Waals surface area contributed by atoms with Gasteiger partial charge in [0.1, 0.15) is 5.75 Å². The fraction of sp³-hybridized carbons (Fsp3) is 0.222. The monoisotopic (exact) mass is 309 g/mol. The predicted molar refractivity (Wildman–Crippen MR) is 90.0 cm³/mol. The molecule has 0 spiro atoms. The van der Waals surface area contributed by atoms with E-state index in [0.717, 1.165) is 34.0 Å². The van der Waals surface area contributed by atoms with Gasteiger partial charge in [0.25, 0.3) is 0 Å². The number of imidazole rings is 1. The largest absolute Gasteiger partial charge is 0.497 e. The Morgan fingerprint density at radius 2 is 1.96 bits per heavy atom. The van der Waals surface area contributed by atoms with Crippen molar-refractivity contribution in [1.29, 1.82) is 0 Å². The lowest BCUT2D eigenvalue weighted by atomic mass is 10.1. The molecule has 5 heteroatoms. The summed E-state index contributed by atoms with van der Waals surface area (Å²) in [4.78, 5) is 16.8. The molecular weight excluding hydrogens is 290 g/mol. The van der Waals surface area contributed by atoms with Crippen LogP contribution in [0.3, 0.4) is 0 Å². The Balaban J connectivity index is 1.78. The third-order valence-corrected chi connectivity index (χ3v) is 3.92. The van der Waals surface area contributed by atoms with Crippen molar-refractivity contribution in [2.24, 2.45) is 0 Å². The third-order valence-electron chi connectivity index (χ3n) is 3.92. The number of nitrogens with one attached hydrogen (secondary N) is 1. The molecule has 0 atom stereocenters. The second-order valence-electron chi connectivity index (χ2n) is 5.47. The second-order valence-corrected chi connectivity index (χ2v) is 5.47. The van der Waals surface area contributed by atoms with Crippen LogP contribution in [0.2, 0.25) is 0 Å². The topological polar surface area (TPSA) is 55.6 Å². The lowest BCUT2D eigenvalue weighted by Crippen LogP contribution is -2.15. The van der Waals surface area contributed by atoms with Crippen LogP contribution in [0.4, 0.5) is 5.69 Å². The maximum atomic E-state index is 12.3. The van der Waals surface area contributed by atoms with Gasteiger partial charge in [-0.2, -0.15) is 0 Å². The van der Waals surface area contributed by atoms with Gasteiger partial charge in [0.2, 0.25) is 5.91 Å². The number of methoxy groups -OCH3 is 1. The molecule has 0 aliphatic carbocycles. The van der Waals surface area contributed by atoms with E-state index in [-0.39, 0.29) is 5.91 Å². The first-order valence-electron chi connectivity index (χ1n) is 7.45. The standard InChI is InChI=1S/C18H19N3O2/c1-12-13(2)21-10-4-5-16(18(21)19-12)20-17(22)11-14-6-8-15(23-3)9-7-14/h4-10H,11H2,1-3H3,(H,20,22). The summed E-state index contributed by atoms with van der Waals surface area (Å²) in [7, 11) is 1.62. The molecule has 1 aromatic carbocycles. The minimum absolute atomic E-state index is 0.0680. The number of rotatable bonds is 4. The summed E-state index contributed by atoms with van der Waals surface area (Å²) < 4.78 is 7.10. The van der Waals surface area contributed by atoms with Gasteiger partial charge in [-0.05, 0) is 43.7 Å². The van der Waals surface area contributed by atoms with Gasteiger partial charge < -0.3 is 14.5 Å². The van der Waals surface area contributed by atoms with Gasteiger partial charge in [0, 0.05) is 11.9 Å². The number of pyridine rings is 1. The molecule has 2 aromatic heterocycles. The van der Waals surface area contributed by atoms with Crippen molar-refractivity contribution in [1.82, 2.24) is 9.38 Å². The van der Waals surface area contributed by atoms with E-state index in [1.54, 1.807) is 7.11 Å². The Hall–Kier alpha value is -2.82. The quantitative estimate of drug-likeness (QED) is 0.805. The van der Waals surface area contributed by atoms with Gasteiger partial charge in [-0.25, -0.2) is 4.98 Å². The SMILES string of the molecule is COc1ccc(CC(=O)Nc2cccn3c(C)c(C)nc23)cc1. The van der Waals surface area contributed by atoms with Crippen molar-refractivity contribution >= 4 is 17.2 Å². The van der Waals surface area contributed by atoms with Crippen LogP contribution < -0.4 is 10.1 Å². The molecule has 0 saturated carbocycles. The molecule has 0 unspecified atom stereocenters. The zero-order chi connectivity index (χ0) is 16.4. The van der Waals surface area contributed by atoms with Crippen LogP contribution in [0.1, 0.15) is 17.0 Å². The maximum Gasteiger partial charge on any atom is 0.228 e. The summed E-state index contributed by atoms with van der Waals surface area (Å²) in [6, 6.07) is 11.3. The van der Waals surface area contributed by atoms with Crippen molar-refractivity contribution < 1.29 is 9.53 Å². The first-order valence-corrected chi connectivity index (χ1v) is 7.45. The number of aromatic nitrogens is 2. The number of hydrogen-bond donors (Lipinski definition) is 1. The molecule has 0 saturated heterocycles. The molecule has 3 aromatic rings. The summed E-state index contributed by atoms with van der Waals surface area (Å²) in [6.45, 7) is 3.98. The van der Waals surface area contributed by atoms with Gasteiger partial charge in [-0.1, -0.05) is 12.1 Å². The normalized spacial score (nSPS) is 10.7. The molecule has 0 fully saturated rings. The Kier molecular flexibility index (Phi) is 4.02. The van der Waals surface area contributed by atoms with Gasteiger partial charge in [-0.15, -0.1) is 0 Å². The number of fused-ring (bicyclic) bond motifs is 1. The van der Waals surface area contributed by atoms with E-state index in [1.807, 2.05) is 60.8 Å². The third kappa shape index (κ3) is 3.04. The number of benzene rings is 1. The molecule has 1 N–H and O–H groups in total. The average Bonchev–Trinajstić information content (AvgIpc) is 2.84. The molecule has 3 rings (SSSR count). The molecule has 0 bridgehead atoms. The zero-order valence-corrected chi connectivity index (χ0v) is 13.5. The Labute approximate surface area is 134 Å². The second kappa shape index (κ2) is 6.12. The van der Waals surface area contributed by atoms with E-state index in [4.69, 9.17) is 4.74 Å². The first-order chi connectivity index (χ1) is 11.1. The van der Waals surface area contributed by atoms with Crippen LogP contribution in [0.15, 0.2) is 42.6 Å². The molecule has 2 heterocycles. The number of aryl methyl sites for hydroxylation is 2. The first kappa shape index (κ1) is 15.1. The van der Waals surface area contributed by atoms with E-state index in [0.29, 0.717) is 6.42 Å². The smallest absolute Gasteiger partial charge is 0.228 e. The number of anilines is 1. The van der Waals surface area contributed by atoms with E-state index in [2.05, 4.69) is 10.3 Å². The van der Waals surface area contributed by atoms with Crippen molar-refractivity contribution in [2.75, 3.05) is 12.4 Å². The van der Waals surface area contributed by atoms with Gasteiger partial charge in [0.15, 0.2) is 5.65 Å². The number of amides is 1. The van der Waals surface area contributed by atoms with Gasteiger partial charge >= 0.3 is 0 Å². The highest BCUT2D eigenvalue weighted by Crippen LogP contribution is 2.20. The molecule has 118 valence electrons. The molecule has 0 aliphatic heterocycles. The van der Waals surface area contributed by atoms with Crippen LogP contribution in [-0.2, 0) is 11.2 Å². The van der Waals surface area contributed by atoms with Gasteiger partial charge in [0.05, 0.1) is 24.9 Å². The zero-order valence-electron chi connectivity index (χ0n) is 13.5. The Bertz CT molecular complexity index is 851. The fourth-order valence-corrected chi connectivity index (χ4v) is 2.52. The highest BCUT2D eigenvalue weighted by molar-refractivity contribution is 5.95. The lowest BCUT2D eigenvalue weighted by molar-refractivity contribution is -0.115. The van der Waals surface area contributed by atoms with Crippen molar-refractivity contribution in [2.45, 2.75) is 20.3 Å². The lowest BCUT2D eigenvalue weighted by Gasteiger charge is -2.07. The van der Waals surface area contributed by atoms with Crippen LogP contribution in [0, 0.1) is 13.8 Å². The van der Waals surface area contributed by atoms with Crippen LogP contribution in [0.5, 0.6) is 5.75 Å². The Morgan fingerprint density at radius 3 is 2.65 bits per heavy atom. The fourth-order valence-electron chi connectivity index (χ4n) is 2.52. The number of carbonyl (C=O) groups is 1. The van der Waals surface area contributed by atoms with Crippen LogP contribution >= 0.6 is 0 Å². The van der Waals surface area contributed by atoms with E-state index in [1.165, 1.54) is 0 Å². The number of hydrogen-bond acceptors (Lipinski definition) is 3. The molecule has 23 heavy (non-hydrogen) atoms. The van der Waals surface area contributed by atoms with Crippen molar-refractivity contribution in [3.63, 3.8) is 0 Å². The van der Waals surface area contributed by atoms with E-state index >= 15 is 0 Å². The highest BCUT2D eigenvalue weighted by Gasteiger charge is 2.11. The predicted octanol–water partition coefficient (Wildman–Crippen LogP) is 3.14. The molecule has 0 radical (unpaired) electrons.